The fraction of sp³-hybridized carbons (Fsp3) is 0.611. The Labute approximate surface area is 146 Å². The van der Waals surface area contributed by atoms with E-state index in [1.807, 2.05) is 4.90 Å². The summed E-state index contributed by atoms with van der Waals surface area (Å²) in [7, 11) is 0. The van der Waals surface area contributed by atoms with Crippen LogP contribution in [0.2, 0.25) is 0 Å². The van der Waals surface area contributed by atoms with Gasteiger partial charge in [-0.2, -0.15) is 13.2 Å². The van der Waals surface area contributed by atoms with E-state index in [4.69, 9.17) is 0 Å². The maximum absolute atomic E-state index is 12.6. The molecule has 0 unspecified atom stereocenters. The summed E-state index contributed by atoms with van der Waals surface area (Å²) < 4.78 is 37.9. The minimum absolute atomic E-state index is 0.0148. The number of urea groups is 1. The van der Waals surface area contributed by atoms with E-state index in [1.54, 1.807) is 4.90 Å². The molecule has 1 saturated carbocycles. The van der Waals surface area contributed by atoms with Gasteiger partial charge < -0.3 is 15.1 Å². The molecule has 1 saturated heterocycles. The fourth-order valence-corrected chi connectivity index (χ4v) is 3.54. The molecule has 3 rings (SSSR count). The molecule has 1 aliphatic carbocycles. The third-order valence-corrected chi connectivity index (χ3v) is 5.06. The Morgan fingerprint density at radius 2 is 1.56 bits per heavy atom. The Balaban J connectivity index is 1.50. The molecule has 0 spiro atoms. The second kappa shape index (κ2) is 7.54. The van der Waals surface area contributed by atoms with Crippen molar-refractivity contribution in [3.05, 3.63) is 29.8 Å². The largest absolute Gasteiger partial charge is 0.416 e. The predicted octanol–water partition coefficient (Wildman–Crippen LogP) is 3.87. The SMILES string of the molecule is O=C(NC1CCCCC1)N1CCN(c2ccc(C(F)(F)F)cc2)CC1. The summed E-state index contributed by atoms with van der Waals surface area (Å²) in [6.45, 7) is 2.42. The highest BCUT2D eigenvalue weighted by Crippen LogP contribution is 2.30. The van der Waals surface area contributed by atoms with Crippen LogP contribution in [0.1, 0.15) is 37.7 Å². The first-order valence-corrected chi connectivity index (χ1v) is 8.91. The minimum Gasteiger partial charge on any atom is -0.368 e. The highest BCUT2D eigenvalue weighted by Gasteiger charge is 2.30. The lowest BCUT2D eigenvalue weighted by Gasteiger charge is -2.37. The monoisotopic (exact) mass is 355 g/mol. The lowest BCUT2D eigenvalue weighted by Crippen LogP contribution is -2.53. The summed E-state index contributed by atoms with van der Waals surface area (Å²) >= 11 is 0. The summed E-state index contributed by atoms with van der Waals surface area (Å²) in [5, 5.41) is 3.11. The van der Waals surface area contributed by atoms with Crippen molar-refractivity contribution in [2.75, 3.05) is 31.1 Å². The molecular weight excluding hydrogens is 331 g/mol. The van der Waals surface area contributed by atoms with Gasteiger partial charge in [-0.3, -0.25) is 0 Å². The second-order valence-electron chi connectivity index (χ2n) is 6.80. The summed E-state index contributed by atoms with van der Waals surface area (Å²) in [5.74, 6) is 0. The first-order chi connectivity index (χ1) is 11.9. The molecule has 7 heteroatoms. The van der Waals surface area contributed by atoms with Gasteiger partial charge in [-0.1, -0.05) is 19.3 Å². The lowest BCUT2D eigenvalue weighted by molar-refractivity contribution is -0.137. The number of nitrogens with one attached hydrogen (secondary N) is 1. The predicted molar refractivity (Wildman–Crippen MR) is 90.6 cm³/mol. The number of anilines is 1. The van der Waals surface area contributed by atoms with Crippen LogP contribution in [-0.2, 0) is 6.18 Å². The Bertz CT molecular complexity index is 574. The number of hydrogen-bond donors (Lipinski definition) is 1. The van der Waals surface area contributed by atoms with E-state index in [9.17, 15) is 18.0 Å². The van der Waals surface area contributed by atoms with E-state index < -0.39 is 11.7 Å². The molecule has 2 fully saturated rings. The van der Waals surface area contributed by atoms with Crippen LogP contribution in [0.5, 0.6) is 0 Å². The number of hydrogen-bond acceptors (Lipinski definition) is 2. The number of carbonyl (C=O) groups is 1. The van der Waals surface area contributed by atoms with Gasteiger partial charge in [0, 0.05) is 37.9 Å². The standard InChI is InChI=1S/C18H24F3N3O/c19-18(20,21)14-6-8-16(9-7-14)23-10-12-24(13-11-23)17(25)22-15-4-2-1-3-5-15/h6-9,15H,1-5,10-13H2,(H,22,25). The summed E-state index contributed by atoms with van der Waals surface area (Å²) in [4.78, 5) is 16.2. The highest BCUT2D eigenvalue weighted by molar-refractivity contribution is 5.75. The van der Waals surface area contributed by atoms with Gasteiger partial charge in [0.2, 0.25) is 0 Å². The number of piperazine rings is 1. The van der Waals surface area contributed by atoms with Crippen LogP contribution in [0.4, 0.5) is 23.7 Å². The first-order valence-electron chi connectivity index (χ1n) is 8.91. The van der Waals surface area contributed by atoms with Gasteiger partial charge >= 0.3 is 12.2 Å². The molecule has 1 N–H and O–H groups in total. The number of alkyl halides is 3. The third-order valence-electron chi connectivity index (χ3n) is 5.06. The number of amides is 2. The van der Waals surface area contributed by atoms with Crippen LogP contribution >= 0.6 is 0 Å². The Hall–Kier alpha value is -1.92. The van der Waals surface area contributed by atoms with Crippen LogP contribution in [-0.4, -0.2) is 43.2 Å². The van der Waals surface area contributed by atoms with Crippen molar-refractivity contribution in [2.45, 2.75) is 44.3 Å². The molecule has 0 bridgehead atoms. The average molecular weight is 355 g/mol. The molecule has 2 amide bonds. The topological polar surface area (TPSA) is 35.6 Å². The van der Waals surface area contributed by atoms with E-state index in [0.29, 0.717) is 26.2 Å². The molecule has 4 nitrogen and oxygen atoms in total. The van der Waals surface area contributed by atoms with E-state index in [-0.39, 0.29) is 12.1 Å². The Morgan fingerprint density at radius 3 is 2.12 bits per heavy atom. The van der Waals surface area contributed by atoms with Crippen LogP contribution in [0.3, 0.4) is 0 Å². The smallest absolute Gasteiger partial charge is 0.368 e. The quantitative estimate of drug-likeness (QED) is 0.874. The van der Waals surface area contributed by atoms with E-state index >= 15 is 0 Å². The number of nitrogens with zero attached hydrogens (tertiary/aromatic N) is 2. The van der Waals surface area contributed by atoms with Crippen LogP contribution in [0.15, 0.2) is 24.3 Å². The van der Waals surface area contributed by atoms with Gasteiger partial charge in [0.15, 0.2) is 0 Å². The number of halogens is 3. The summed E-state index contributed by atoms with van der Waals surface area (Å²) in [6, 6.07) is 5.49. The lowest BCUT2D eigenvalue weighted by atomic mass is 9.96. The molecule has 25 heavy (non-hydrogen) atoms. The molecule has 0 atom stereocenters. The van der Waals surface area contributed by atoms with Crippen LogP contribution in [0, 0.1) is 0 Å². The maximum Gasteiger partial charge on any atom is 0.416 e. The normalized spacial score (nSPS) is 19.8. The second-order valence-corrected chi connectivity index (χ2v) is 6.80. The maximum atomic E-state index is 12.6. The summed E-state index contributed by atoms with van der Waals surface area (Å²) in [5.41, 5.74) is 0.127. The number of benzene rings is 1. The average Bonchev–Trinajstić information content (AvgIpc) is 2.62. The van der Waals surface area contributed by atoms with Crippen molar-refractivity contribution >= 4 is 11.7 Å². The zero-order valence-electron chi connectivity index (χ0n) is 14.2. The summed E-state index contributed by atoms with van der Waals surface area (Å²) in [6.07, 6.45) is 1.39. The highest BCUT2D eigenvalue weighted by atomic mass is 19.4. The molecule has 0 aromatic heterocycles. The zero-order valence-corrected chi connectivity index (χ0v) is 14.2. The number of rotatable bonds is 2. The molecule has 2 aliphatic rings. The van der Waals surface area contributed by atoms with E-state index in [1.165, 1.54) is 31.4 Å². The van der Waals surface area contributed by atoms with Crippen molar-refractivity contribution in [3.63, 3.8) is 0 Å². The van der Waals surface area contributed by atoms with Gasteiger partial charge in [0.05, 0.1) is 5.56 Å². The molecule has 1 aromatic rings. The van der Waals surface area contributed by atoms with Crippen LogP contribution in [0.25, 0.3) is 0 Å². The molecular formula is C18H24F3N3O. The van der Waals surface area contributed by atoms with Gasteiger partial charge in [0.1, 0.15) is 0 Å². The first kappa shape index (κ1) is 17.9. The Morgan fingerprint density at radius 1 is 0.960 bits per heavy atom. The van der Waals surface area contributed by atoms with Crippen molar-refractivity contribution in [1.29, 1.82) is 0 Å². The van der Waals surface area contributed by atoms with Crippen molar-refractivity contribution in [3.8, 4) is 0 Å². The zero-order chi connectivity index (χ0) is 17.9. The van der Waals surface area contributed by atoms with Crippen LogP contribution < -0.4 is 10.2 Å². The molecule has 1 aromatic carbocycles. The molecule has 138 valence electrons. The molecule has 0 radical (unpaired) electrons. The fourth-order valence-electron chi connectivity index (χ4n) is 3.54. The van der Waals surface area contributed by atoms with Gasteiger partial charge in [-0.25, -0.2) is 4.79 Å². The number of carbonyl (C=O) groups excluding carboxylic acids is 1. The Kier molecular flexibility index (Phi) is 5.39. The van der Waals surface area contributed by atoms with Crippen molar-refractivity contribution in [2.24, 2.45) is 0 Å². The third kappa shape index (κ3) is 4.58. The van der Waals surface area contributed by atoms with E-state index in [0.717, 1.165) is 30.7 Å². The molecule has 1 aliphatic heterocycles. The van der Waals surface area contributed by atoms with Crippen molar-refractivity contribution < 1.29 is 18.0 Å². The minimum atomic E-state index is -4.31. The molecule has 1 heterocycles. The van der Waals surface area contributed by atoms with Gasteiger partial charge in [-0.05, 0) is 37.1 Å². The van der Waals surface area contributed by atoms with E-state index in [2.05, 4.69) is 5.32 Å². The van der Waals surface area contributed by atoms with Crippen molar-refractivity contribution in [1.82, 2.24) is 10.2 Å². The van der Waals surface area contributed by atoms with Gasteiger partial charge in [-0.15, -0.1) is 0 Å². The van der Waals surface area contributed by atoms with Gasteiger partial charge in [0.25, 0.3) is 0 Å².